The van der Waals surface area contributed by atoms with Crippen LogP contribution in [0.2, 0.25) is 0 Å². The Hall–Kier alpha value is -1.79. The Labute approximate surface area is 167 Å². The SMILES string of the molecule is CC(C)(C)OC(=O)NCCOC(=O)CCNC(=O)C12CC3CC(CC(C3)C1)C2. The molecule has 7 nitrogen and oxygen atoms in total. The van der Waals surface area contributed by atoms with Crippen LogP contribution in [0.1, 0.15) is 65.7 Å². The standard InChI is InChI=1S/C21H34N2O5/c1-20(2,3)28-19(26)23-6-7-27-17(24)4-5-22-18(25)21-11-14-8-15(12-21)10-16(9-14)13-21/h14-16H,4-13H2,1-3H3,(H,22,25)(H,23,26). The number of carbonyl (C=O) groups is 3. The molecule has 2 amide bonds. The Morgan fingerprint density at radius 1 is 0.929 bits per heavy atom. The molecule has 2 N–H and O–H groups in total. The largest absolute Gasteiger partial charge is 0.464 e. The van der Waals surface area contributed by atoms with E-state index in [4.69, 9.17) is 9.47 Å². The minimum atomic E-state index is -0.560. The normalized spacial score (nSPS) is 30.6. The third kappa shape index (κ3) is 5.39. The zero-order valence-corrected chi connectivity index (χ0v) is 17.3. The summed E-state index contributed by atoms with van der Waals surface area (Å²) in [5, 5.41) is 5.51. The molecular formula is C21H34N2O5. The van der Waals surface area contributed by atoms with Crippen molar-refractivity contribution in [3.63, 3.8) is 0 Å². The van der Waals surface area contributed by atoms with Gasteiger partial charge in [-0.05, 0) is 77.0 Å². The Kier molecular flexibility index (Phi) is 6.20. The lowest BCUT2D eigenvalue weighted by Gasteiger charge is -2.55. The maximum Gasteiger partial charge on any atom is 0.407 e. The number of alkyl carbamates (subject to hydrolysis) is 1. The summed E-state index contributed by atoms with van der Waals surface area (Å²) in [4.78, 5) is 36.1. The van der Waals surface area contributed by atoms with Crippen molar-refractivity contribution in [2.24, 2.45) is 23.2 Å². The molecule has 4 bridgehead atoms. The molecule has 0 atom stereocenters. The summed E-state index contributed by atoms with van der Waals surface area (Å²) in [6.45, 7) is 5.93. The zero-order valence-electron chi connectivity index (χ0n) is 17.3. The van der Waals surface area contributed by atoms with Crippen molar-refractivity contribution in [2.45, 2.75) is 71.3 Å². The van der Waals surface area contributed by atoms with Crippen molar-refractivity contribution in [2.75, 3.05) is 19.7 Å². The highest BCUT2D eigenvalue weighted by Gasteiger charge is 2.54. The van der Waals surface area contributed by atoms with Gasteiger partial charge in [-0.15, -0.1) is 0 Å². The van der Waals surface area contributed by atoms with E-state index in [-0.39, 0.29) is 36.9 Å². The van der Waals surface area contributed by atoms with E-state index in [2.05, 4.69) is 10.6 Å². The minimum absolute atomic E-state index is 0.0843. The fraction of sp³-hybridized carbons (Fsp3) is 0.857. The van der Waals surface area contributed by atoms with E-state index >= 15 is 0 Å². The lowest BCUT2D eigenvalue weighted by molar-refractivity contribution is -0.147. The van der Waals surface area contributed by atoms with Crippen molar-refractivity contribution in [3.05, 3.63) is 0 Å². The van der Waals surface area contributed by atoms with Crippen LogP contribution in [-0.4, -0.2) is 43.3 Å². The molecule has 158 valence electrons. The van der Waals surface area contributed by atoms with Crippen LogP contribution in [0.15, 0.2) is 0 Å². The minimum Gasteiger partial charge on any atom is -0.464 e. The van der Waals surface area contributed by atoms with Gasteiger partial charge < -0.3 is 20.1 Å². The maximum atomic E-state index is 12.8. The summed E-state index contributed by atoms with van der Waals surface area (Å²) in [5.41, 5.74) is -0.744. The van der Waals surface area contributed by atoms with Gasteiger partial charge in [-0.2, -0.15) is 0 Å². The second-order valence-electron chi connectivity index (χ2n) is 9.85. The number of ether oxygens (including phenoxy) is 2. The van der Waals surface area contributed by atoms with Gasteiger partial charge in [0, 0.05) is 12.0 Å². The van der Waals surface area contributed by atoms with Crippen LogP contribution in [0.3, 0.4) is 0 Å². The molecule has 4 saturated carbocycles. The summed E-state index contributed by atoms with van der Waals surface area (Å²) in [5.74, 6) is 1.92. The van der Waals surface area contributed by atoms with Gasteiger partial charge in [0.25, 0.3) is 0 Å². The fourth-order valence-corrected chi connectivity index (χ4v) is 5.56. The Morgan fingerprint density at radius 2 is 1.50 bits per heavy atom. The van der Waals surface area contributed by atoms with Crippen molar-refractivity contribution in [1.29, 1.82) is 0 Å². The monoisotopic (exact) mass is 394 g/mol. The second-order valence-corrected chi connectivity index (χ2v) is 9.85. The molecule has 7 heteroatoms. The number of rotatable bonds is 7. The molecule has 0 aliphatic heterocycles. The smallest absolute Gasteiger partial charge is 0.407 e. The van der Waals surface area contributed by atoms with E-state index in [9.17, 15) is 14.4 Å². The molecule has 4 aliphatic rings. The number of carbonyl (C=O) groups excluding carboxylic acids is 3. The number of hydrogen-bond donors (Lipinski definition) is 2. The second kappa shape index (κ2) is 8.29. The average Bonchev–Trinajstić information content (AvgIpc) is 2.56. The van der Waals surface area contributed by atoms with Crippen LogP contribution < -0.4 is 10.6 Å². The van der Waals surface area contributed by atoms with Crippen LogP contribution in [0.25, 0.3) is 0 Å². The molecule has 0 radical (unpaired) electrons. The molecule has 0 saturated heterocycles. The lowest BCUT2D eigenvalue weighted by atomic mass is 9.49. The fourth-order valence-electron chi connectivity index (χ4n) is 5.56. The van der Waals surface area contributed by atoms with E-state index in [1.807, 2.05) is 0 Å². The molecule has 28 heavy (non-hydrogen) atoms. The van der Waals surface area contributed by atoms with Crippen LogP contribution in [0, 0.1) is 23.2 Å². The first-order valence-electron chi connectivity index (χ1n) is 10.6. The topological polar surface area (TPSA) is 93.7 Å². The Balaban J connectivity index is 1.29. The van der Waals surface area contributed by atoms with E-state index in [1.165, 1.54) is 19.3 Å². The first-order valence-corrected chi connectivity index (χ1v) is 10.6. The molecule has 4 fully saturated rings. The van der Waals surface area contributed by atoms with Gasteiger partial charge in [0.15, 0.2) is 0 Å². The van der Waals surface area contributed by atoms with E-state index < -0.39 is 11.7 Å². The molecule has 0 aromatic heterocycles. The van der Waals surface area contributed by atoms with Crippen LogP contribution in [-0.2, 0) is 19.1 Å². The van der Waals surface area contributed by atoms with Crippen molar-refractivity contribution in [3.8, 4) is 0 Å². The summed E-state index contributed by atoms with van der Waals surface area (Å²) in [7, 11) is 0. The Morgan fingerprint density at radius 3 is 2.04 bits per heavy atom. The van der Waals surface area contributed by atoms with Gasteiger partial charge in [0.05, 0.1) is 13.0 Å². The van der Waals surface area contributed by atoms with Gasteiger partial charge in [0.1, 0.15) is 12.2 Å². The van der Waals surface area contributed by atoms with Crippen molar-refractivity contribution in [1.82, 2.24) is 10.6 Å². The van der Waals surface area contributed by atoms with Gasteiger partial charge in [-0.25, -0.2) is 4.79 Å². The highest BCUT2D eigenvalue weighted by molar-refractivity contribution is 5.83. The van der Waals surface area contributed by atoms with Gasteiger partial charge in [0.2, 0.25) is 5.91 Å². The number of nitrogens with one attached hydrogen (secondary N) is 2. The van der Waals surface area contributed by atoms with Crippen molar-refractivity contribution >= 4 is 18.0 Å². The summed E-state index contributed by atoms with van der Waals surface area (Å²) >= 11 is 0. The lowest BCUT2D eigenvalue weighted by Crippen LogP contribution is -2.53. The quantitative estimate of drug-likeness (QED) is 0.512. The van der Waals surface area contributed by atoms with E-state index in [1.54, 1.807) is 20.8 Å². The summed E-state index contributed by atoms with van der Waals surface area (Å²) in [6.07, 6.45) is 6.57. The maximum absolute atomic E-state index is 12.8. The highest BCUT2D eigenvalue weighted by atomic mass is 16.6. The van der Waals surface area contributed by atoms with E-state index in [0.29, 0.717) is 6.54 Å². The third-order valence-corrected chi connectivity index (χ3v) is 6.17. The van der Waals surface area contributed by atoms with Crippen molar-refractivity contribution < 1.29 is 23.9 Å². The molecule has 0 spiro atoms. The molecule has 0 heterocycles. The Bertz CT molecular complexity index is 575. The molecule has 0 aromatic carbocycles. The van der Waals surface area contributed by atoms with Gasteiger partial charge >= 0.3 is 12.1 Å². The average molecular weight is 395 g/mol. The van der Waals surface area contributed by atoms with Crippen LogP contribution in [0.5, 0.6) is 0 Å². The van der Waals surface area contributed by atoms with Crippen LogP contribution in [0.4, 0.5) is 4.79 Å². The molecule has 0 aromatic rings. The predicted octanol–water partition coefficient (Wildman–Crippen LogP) is 2.78. The third-order valence-electron chi connectivity index (χ3n) is 6.17. The number of esters is 1. The van der Waals surface area contributed by atoms with Gasteiger partial charge in [-0.1, -0.05) is 0 Å². The molecular weight excluding hydrogens is 360 g/mol. The summed E-state index contributed by atoms with van der Waals surface area (Å²) < 4.78 is 10.2. The molecule has 0 unspecified atom stereocenters. The molecule has 4 aliphatic carbocycles. The number of hydrogen-bond acceptors (Lipinski definition) is 5. The first kappa shape index (κ1) is 20.9. The summed E-state index contributed by atoms with van der Waals surface area (Å²) in [6, 6.07) is 0. The first-order chi connectivity index (χ1) is 13.2. The molecule has 4 rings (SSSR count). The highest BCUT2D eigenvalue weighted by Crippen LogP contribution is 2.60. The van der Waals surface area contributed by atoms with E-state index in [0.717, 1.165) is 37.0 Å². The predicted molar refractivity (Wildman–Crippen MR) is 103 cm³/mol. The van der Waals surface area contributed by atoms with Crippen LogP contribution >= 0.6 is 0 Å². The van der Waals surface area contributed by atoms with Gasteiger partial charge in [-0.3, -0.25) is 9.59 Å². The zero-order chi connectivity index (χ0) is 20.4. The number of amides is 2.